The third-order valence-electron chi connectivity index (χ3n) is 3.94. The van der Waals surface area contributed by atoms with Gasteiger partial charge in [0.2, 0.25) is 5.91 Å². The van der Waals surface area contributed by atoms with E-state index in [0.717, 1.165) is 19.5 Å². The molecule has 0 bridgehead atoms. The molecule has 0 saturated carbocycles. The fourth-order valence-corrected chi connectivity index (χ4v) is 2.74. The van der Waals surface area contributed by atoms with Crippen molar-refractivity contribution >= 4 is 5.91 Å². The predicted molar refractivity (Wildman–Crippen MR) is 78.0 cm³/mol. The van der Waals surface area contributed by atoms with Crippen LogP contribution >= 0.6 is 0 Å². The first kappa shape index (κ1) is 16.4. The summed E-state index contributed by atoms with van der Waals surface area (Å²) >= 11 is 0. The van der Waals surface area contributed by atoms with Gasteiger partial charge in [0.05, 0.1) is 12.1 Å². The van der Waals surface area contributed by atoms with Gasteiger partial charge in [-0.15, -0.1) is 0 Å². The van der Waals surface area contributed by atoms with E-state index in [1.54, 1.807) is 6.92 Å². The molecule has 1 rings (SSSR count). The molecule has 1 saturated heterocycles. The van der Waals surface area contributed by atoms with E-state index in [-0.39, 0.29) is 18.1 Å². The van der Waals surface area contributed by atoms with Gasteiger partial charge in [0.1, 0.15) is 0 Å². The molecule has 1 fully saturated rings. The minimum absolute atomic E-state index is 0.0307. The molecular formula is C15H30N2O2. The summed E-state index contributed by atoms with van der Waals surface area (Å²) < 4.78 is 0. The second kappa shape index (κ2) is 8.54. The second-order valence-electron chi connectivity index (χ2n) is 6.06. The number of likely N-dealkylation sites (tertiary alicyclic amines) is 1. The van der Waals surface area contributed by atoms with Crippen molar-refractivity contribution in [3.63, 3.8) is 0 Å². The van der Waals surface area contributed by atoms with Crippen LogP contribution in [0.5, 0.6) is 0 Å². The third kappa shape index (κ3) is 6.39. The molecule has 3 atom stereocenters. The van der Waals surface area contributed by atoms with Crippen LogP contribution in [-0.2, 0) is 4.79 Å². The molecule has 4 nitrogen and oxygen atoms in total. The van der Waals surface area contributed by atoms with E-state index >= 15 is 0 Å². The van der Waals surface area contributed by atoms with Gasteiger partial charge >= 0.3 is 0 Å². The van der Waals surface area contributed by atoms with Crippen molar-refractivity contribution in [3.05, 3.63) is 0 Å². The van der Waals surface area contributed by atoms with E-state index < -0.39 is 0 Å². The summed E-state index contributed by atoms with van der Waals surface area (Å²) in [4.78, 5) is 14.4. The van der Waals surface area contributed by atoms with Crippen molar-refractivity contribution in [2.45, 2.75) is 65.0 Å². The number of carbonyl (C=O) groups excluding carboxylic acids is 1. The molecule has 19 heavy (non-hydrogen) atoms. The van der Waals surface area contributed by atoms with Crippen molar-refractivity contribution in [2.75, 3.05) is 19.6 Å². The van der Waals surface area contributed by atoms with Gasteiger partial charge in [-0.1, -0.05) is 19.8 Å². The minimum atomic E-state index is -0.296. The SMILES string of the molecule is C[C@@H](CNC(=O)[C@@H](C)N1CCCCCC1)C[C@H](C)O. The zero-order chi connectivity index (χ0) is 14.3. The average Bonchev–Trinajstić information content (AvgIpc) is 2.63. The zero-order valence-corrected chi connectivity index (χ0v) is 12.7. The molecule has 0 spiro atoms. The molecule has 2 N–H and O–H groups in total. The predicted octanol–water partition coefficient (Wildman–Crippen LogP) is 1.77. The summed E-state index contributed by atoms with van der Waals surface area (Å²) in [6, 6.07) is -0.0307. The largest absolute Gasteiger partial charge is 0.393 e. The standard InChI is InChI=1S/C15H30N2O2/c1-12(10-13(2)18)11-16-15(19)14(3)17-8-6-4-5-7-9-17/h12-14,18H,4-11H2,1-3H3,(H,16,19)/t12-,13+,14-/m1/s1. The Morgan fingerprint density at radius 2 is 1.74 bits per heavy atom. The van der Waals surface area contributed by atoms with Gasteiger partial charge in [-0.2, -0.15) is 0 Å². The first-order valence-electron chi connectivity index (χ1n) is 7.70. The van der Waals surface area contributed by atoms with Crippen LogP contribution in [0.15, 0.2) is 0 Å². The first-order chi connectivity index (χ1) is 9.00. The Kier molecular flexibility index (Phi) is 7.39. The van der Waals surface area contributed by atoms with Crippen molar-refractivity contribution < 1.29 is 9.90 Å². The van der Waals surface area contributed by atoms with Crippen LogP contribution in [0, 0.1) is 5.92 Å². The molecule has 112 valence electrons. The van der Waals surface area contributed by atoms with Gasteiger partial charge in [-0.3, -0.25) is 9.69 Å². The topological polar surface area (TPSA) is 52.6 Å². The summed E-state index contributed by atoms with van der Waals surface area (Å²) in [6.45, 7) is 8.58. The smallest absolute Gasteiger partial charge is 0.237 e. The summed E-state index contributed by atoms with van der Waals surface area (Å²) in [5, 5.41) is 12.3. The maximum absolute atomic E-state index is 12.1. The molecule has 0 aromatic carbocycles. The highest BCUT2D eigenvalue weighted by Gasteiger charge is 2.22. The molecule has 0 aliphatic carbocycles. The van der Waals surface area contributed by atoms with Crippen LogP contribution < -0.4 is 5.32 Å². The van der Waals surface area contributed by atoms with E-state index in [4.69, 9.17) is 0 Å². The van der Waals surface area contributed by atoms with E-state index in [1.807, 2.05) is 6.92 Å². The fraction of sp³-hybridized carbons (Fsp3) is 0.933. The van der Waals surface area contributed by atoms with Crippen LogP contribution in [-0.4, -0.2) is 47.7 Å². The number of hydrogen-bond donors (Lipinski definition) is 2. The number of rotatable bonds is 6. The minimum Gasteiger partial charge on any atom is -0.393 e. The van der Waals surface area contributed by atoms with Gasteiger partial charge in [0.25, 0.3) is 0 Å². The highest BCUT2D eigenvalue weighted by Crippen LogP contribution is 2.12. The van der Waals surface area contributed by atoms with Gasteiger partial charge < -0.3 is 10.4 Å². The molecule has 0 unspecified atom stereocenters. The normalized spacial score (nSPS) is 22.3. The van der Waals surface area contributed by atoms with Crippen molar-refractivity contribution in [2.24, 2.45) is 5.92 Å². The average molecular weight is 270 g/mol. The van der Waals surface area contributed by atoms with E-state index in [1.165, 1.54) is 25.7 Å². The second-order valence-corrected chi connectivity index (χ2v) is 6.06. The lowest BCUT2D eigenvalue weighted by Crippen LogP contribution is -2.46. The maximum atomic E-state index is 12.1. The molecule has 0 aromatic heterocycles. The number of nitrogens with zero attached hydrogens (tertiary/aromatic N) is 1. The van der Waals surface area contributed by atoms with Crippen molar-refractivity contribution in [3.8, 4) is 0 Å². The Morgan fingerprint density at radius 1 is 1.16 bits per heavy atom. The van der Waals surface area contributed by atoms with Gasteiger partial charge in [0.15, 0.2) is 0 Å². The number of nitrogens with one attached hydrogen (secondary N) is 1. The Morgan fingerprint density at radius 3 is 2.26 bits per heavy atom. The first-order valence-corrected chi connectivity index (χ1v) is 7.70. The molecule has 1 amide bonds. The highest BCUT2D eigenvalue weighted by atomic mass is 16.3. The van der Waals surface area contributed by atoms with E-state index in [9.17, 15) is 9.90 Å². The Hall–Kier alpha value is -0.610. The van der Waals surface area contributed by atoms with Crippen LogP contribution in [0.1, 0.15) is 52.9 Å². The zero-order valence-electron chi connectivity index (χ0n) is 12.7. The van der Waals surface area contributed by atoms with Gasteiger partial charge in [-0.25, -0.2) is 0 Å². The fourth-order valence-electron chi connectivity index (χ4n) is 2.74. The lowest BCUT2D eigenvalue weighted by Gasteiger charge is -2.27. The number of aliphatic hydroxyl groups excluding tert-OH is 1. The molecule has 0 aromatic rings. The molecule has 1 aliphatic heterocycles. The summed E-state index contributed by atoms with van der Waals surface area (Å²) in [6.07, 6.45) is 5.42. The molecule has 1 heterocycles. The summed E-state index contributed by atoms with van der Waals surface area (Å²) in [7, 11) is 0. The lowest BCUT2D eigenvalue weighted by atomic mass is 10.0. The van der Waals surface area contributed by atoms with E-state index in [2.05, 4.69) is 17.1 Å². The van der Waals surface area contributed by atoms with Crippen molar-refractivity contribution in [1.29, 1.82) is 0 Å². The monoisotopic (exact) mass is 270 g/mol. The molecule has 1 aliphatic rings. The highest BCUT2D eigenvalue weighted by molar-refractivity contribution is 5.81. The van der Waals surface area contributed by atoms with Crippen molar-refractivity contribution in [1.82, 2.24) is 10.2 Å². The number of hydrogen-bond acceptors (Lipinski definition) is 3. The number of carbonyl (C=O) groups is 1. The van der Waals surface area contributed by atoms with Gasteiger partial charge in [-0.05, 0) is 52.1 Å². The molecular weight excluding hydrogens is 240 g/mol. The van der Waals surface area contributed by atoms with Crippen LogP contribution in [0.4, 0.5) is 0 Å². The third-order valence-corrected chi connectivity index (χ3v) is 3.94. The number of amides is 1. The van der Waals surface area contributed by atoms with Crippen LogP contribution in [0.25, 0.3) is 0 Å². The summed E-state index contributed by atoms with van der Waals surface area (Å²) in [5.74, 6) is 0.444. The Bertz CT molecular complexity index is 261. The molecule has 0 radical (unpaired) electrons. The maximum Gasteiger partial charge on any atom is 0.237 e. The lowest BCUT2D eigenvalue weighted by molar-refractivity contribution is -0.126. The van der Waals surface area contributed by atoms with Crippen LogP contribution in [0.2, 0.25) is 0 Å². The Labute approximate surface area is 117 Å². The van der Waals surface area contributed by atoms with Gasteiger partial charge in [0, 0.05) is 6.54 Å². The Balaban J connectivity index is 2.31. The number of aliphatic hydroxyl groups is 1. The quantitative estimate of drug-likeness (QED) is 0.773. The van der Waals surface area contributed by atoms with Crippen LogP contribution in [0.3, 0.4) is 0 Å². The van der Waals surface area contributed by atoms with E-state index in [0.29, 0.717) is 12.5 Å². The molecule has 4 heteroatoms. The summed E-state index contributed by atoms with van der Waals surface area (Å²) in [5.41, 5.74) is 0.